The zero-order valence-electron chi connectivity index (χ0n) is 19.2. The fraction of sp³-hybridized carbons (Fsp3) is 0.280. The highest BCUT2D eigenvalue weighted by Crippen LogP contribution is 2.33. The molecule has 4 rings (SSSR count). The number of ether oxygens (including phenoxy) is 1. The van der Waals surface area contributed by atoms with E-state index in [4.69, 9.17) is 17.0 Å². The summed E-state index contributed by atoms with van der Waals surface area (Å²) in [6, 6.07) is 14.5. The Morgan fingerprint density at radius 3 is 2.74 bits per heavy atom. The van der Waals surface area contributed by atoms with Gasteiger partial charge in [0.15, 0.2) is 0 Å². The molecule has 1 atom stereocenters. The standard InChI is InChI=1S/C25H26N4O4S2/c1-2-33-14-8-13-29-24(32)20(35-25(29)34)15-18-22(26-16-19(30)17-9-4-3-5-10-17)27-21-11-6-7-12-28(21)23(18)31/h3-7,9-12,15,19,26,30H,2,8,13-14,16H2,1H3. The Bertz CT molecular complexity index is 1310. The molecule has 2 N–H and O–H groups in total. The second-order valence-electron chi connectivity index (χ2n) is 7.80. The average Bonchev–Trinajstić information content (AvgIpc) is 3.14. The van der Waals surface area contributed by atoms with E-state index in [1.54, 1.807) is 24.4 Å². The maximum atomic E-state index is 13.4. The number of aromatic nitrogens is 2. The topological polar surface area (TPSA) is 96.2 Å². The van der Waals surface area contributed by atoms with Crippen molar-refractivity contribution in [2.45, 2.75) is 19.4 Å². The molecule has 1 aromatic carbocycles. The number of hydrogen-bond acceptors (Lipinski definition) is 8. The van der Waals surface area contributed by atoms with Gasteiger partial charge >= 0.3 is 0 Å². The Labute approximate surface area is 212 Å². The smallest absolute Gasteiger partial charge is 0.267 e. The molecule has 1 unspecified atom stereocenters. The van der Waals surface area contributed by atoms with Crippen molar-refractivity contribution in [3.8, 4) is 0 Å². The van der Waals surface area contributed by atoms with E-state index >= 15 is 0 Å². The van der Waals surface area contributed by atoms with Crippen LogP contribution in [0.3, 0.4) is 0 Å². The highest BCUT2D eigenvalue weighted by atomic mass is 32.2. The molecule has 0 radical (unpaired) electrons. The van der Waals surface area contributed by atoms with Crippen molar-refractivity contribution in [3.05, 3.63) is 81.1 Å². The van der Waals surface area contributed by atoms with Gasteiger partial charge in [-0.2, -0.15) is 0 Å². The summed E-state index contributed by atoms with van der Waals surface area (Å²) < 4.78 is 7.22. The van der Waals surface area contributed by atoms with Gasteiger partial charge in [0.25, 0.3) is 11.5 Å². The number of hydrogen-bond donors (Lipinski definition) is 2. The average molecular weight is 511 g/mol. The normalized spacial score (nSPS) is 15.8. The van der Waals surface area contributed by atoms with E-state index in [2.05, 4.69) is 10.3 Å². The van der Waals surface area contributed by atoms with Gasteiger partial charge in [-0.25, -0.2) is 4.98 Å². The quantitative estimate of drug-likeness (QED) is 0.243. The summed E-state index contributed by atoms with van der Waals surface area (Å²) in [7, 11) is 0. The van der Waals surface area contributed by atoms with Crippen LogP contribution in [0.1, 0.15) is 30.6 Å². The monoisotopic (exact) mass is 510 g/mol. The fourth-order valence-electron chi connectivity index (χ4n) is 3.65. The molecule has 0 saturated carbocycles. The highest BCUT2D eigenvalue weighted by Gasteiger charge is 2.32. The molecule has 1 aliphatic heterocycles. The molecule has 0 spiro atoms. The molecule has 0 bridgehead atoms. The van der Waals surface area contributed by atoms with Crippen molar-refractivity contribution in [1.82, 2.24) is 14.3 Å². The van der Waals surface area contributed by atoms with Gasteiger partial charge < -0.3 is 15.2 Å². The molecule has 182 valence electrons. The number of aliphatic hydroxyl groups is 1. The van der Waals surface area contributed by atoms with Gasteiger partial charge in [0.1, 0.15) is 15.8 Å². The van der Waals surface area contributed by atoms with Crippen molar-refractivity contribution >= 4 is 51.7 Å². The summed E-state index contributed by atoms with van der Waals surface area (Å²) in [5, 5.41) is 13.7. The molecule has 2 aromatic heterocycles. The number of nitrogens with zero attached hydrogens (tertiary/aromatic N) is 3. The summed E-state index contributed by atoms with van der Waals surface area (Å²) in [6.07, 6.45) is 3.03. The number of aliphatic hydroxyl groups excluding tert-OH is 1. The Hall–Kier alpha value is -3.05. The molecule has 1 amide bonds. The molecular formula is C25H26N4O4S2. The third kappa shape index (κ3) is 5.79. The van der Waals surface area contributed by atoms with Crippen LogP contribution in [0.25, 0.3) is 11.7 Å². The van der Waals surface area contributed by atoms with Gasteiger partial charge in [0, 0.05) is 32.5 Å². The SMILES string of the molecule is CCOCCCN1C(=O)C(=Cc2c(NCC(O)c3ccccc3)nc3ccccn3c2=O)SC1=S. The summed E-state index contributed by atoms with van der Waals surface area (Å²) >= 11 is 6.57. The Morgan fingerprint density at radius 2 is 1.97 bits per heavy atom. The van der Waals surface area contributed by atoms with Crippen LogP contribution in [0.4, 0.5) is 5.82 Å². The number of carbonyl (C=O) groups is 1. The zero-order chi connectivity index (χ0) is 24.8. The first-order valence-electron chi connectivity index (χ1n) is 11.3. The fourth-order valence-corrected chi connectivity index (χ4v) is 4.94. The number of thioether (sulfide) groups is 1. The Kier molecular flexibility index (Phi) is 8.29. The molecule has 35 heavy (non-hydrogen) atoms. The second kappa shape index (κ2) is 11.6. The number of anilines is 1. The molecule has 1 aliphatic rings. The van der Waals surface area contributed by atoms with Gasteiger partial charge in [0.05, 0.1) is 16.6 Å². The van der Waals surface area contributed by atoms with E-state index in [-0.39, 0.29) is 29.4 Å². The third-order valence-electron chi connectivity index (χ3n) is 5.44. The summed E-state index contributed by atoms with van der Waals surface area (Å²) in [4.78, 5) is 32.9. The van der Waals surface area contributed by atoms with E-state index in [1.165, 1.54) is 15.4 Å². The minimum Gasteiger partial charge on any atom is -0.387 e. The summed E-state index contributed by atoms with van der Waals surface area (Å²) in [6.45, 7) is 3.67. The molecule has 3 aromatic rings. The van der Waals surface area contributed by atoms with Gasteiger partial charge in [-0.3, -0.25) is 18.9 Å². The van der Waals surface area contributed by atoms with E-state index in [1.807, 2.05) is 37.3 Å². The molecule has 1 fully saturated rings. The van der Waals surface area contributed by atoms with Gasteiger partial charge in [-0.05, 0) is 37.1 Å². The minimum absolute atomic E-state index is 0.138. The van der Waals surface area contributed by atoms with Crippen LogP contribution in [0.2, 0.25) is 0 Å². The number of thiocarbonyl (C=S) groups is 1. The number of nitrogens with one attached hydrogen (secondary N) is 1. The number of carbonyl (C=O) groups excluding carboxylic acids is 1. The van der Waals surface area contributed by atoms with Gasteiger partial charge in [-0.15, -0.1) is 0 Å². The third-order valence-corrected chi connectivity index (χ3v) is 6.82. The molecule has 3 heterocycles. The van der Waals surface area contributed by atoms with Crippen LogP contribution in [-0.2, 0) is 9.53 Å². The minimum atomic E-state index is -0.802. The molecule has 1 saturated heterocycles. The lowest BCUT2D eigenvalue weighted by Crippen LogP contribution is -2.29. The summed E-state index contributed by atoms with van der Waals surface area (Å²) in [5.74, 6) is 0.0436. The number of fused-ring (bicyclic) bond motifs is 1. The van der Waals surface area contributed by atoms with E-state index in [0.29, 0.717) is 41.1 Å². The van der Waals surface area contributed by atoms with Crippen LogP contribution >= 0.6 is 24.0 Å². The van der Waals surface area contributed by atoms with Crippen molar-refractivity contribution < 1.29 is 14.6 Å². The molecule has 10 heteroatoms. The van der Waals surface area contributed by atoms with E-state index in [0.717, 1.165) is 17.3 Å². The molecular weight excluding hydrogens is 484 g/mol. The second-order valence-corrected chi connectivity index (χ2v) is 9.48. The predicted octanol–water partition coefficient (Wildman–Crippen LogP) is 3.47. The van der Waals surface area contributed by atoms with Crippen molar-refractivity contribution in [2.75, 3.05) is 31.6 Å². The van der Waals surface area contributed by atoms with E-state index < -0.39 is 6.10 Å². The van der Waals surface area contributed by atoms with Crippen LogP contribution in [0.5, 0.6) is 0 Å². The van der Waals surface area contributed by atoms with Gasteiger partial charge in [-0.1, -0.05) is 60.4 Å². The van der Waals surface area contributed by atoms with E-state index in [9.17, 15) is 14.7 Å². The van der Waals surface area contributed by atoms with Crippen LogP contribution in [0.15, 0.2) is 64.4 Å². The van der Waals surface area contributed by atoms with Crippen molar-refractivity contribution in [3.63, 3.8) is 0 Å². The lowest BCUT2D eigenvalue weighted by atomic mass is 10.1. The highest BCUT2D eigenvalue weighted by molar-refractivity contribution is 8.26. The number of benzene rings is 1. The van der Waals surface area contributed by atoms with Gasteiger partial charge in [0.2, 0.25) is 0 Å². The summed E-state index contributed by atoms with van der Waals surface area (Å²) in [5.41, 5.74) is 1.10. The first kappa shape index (κ1) is 25.1. The Morgan fingerprint density at radius 1 is 1.20 bits per heavy atom. The largest absolute Gasteiger partial charge is 0.387 e. The molecule has 0 aliphatic carbocycles. The predicted molar refractivity (Wildman–Crippen MR) is 142 cm³/mol. The van der Waals surface area contributed by atoms with Crippen LogP contribution in [-0.4, -0.2) is 55.9 Å². The first-order chi connectivity index (χ1) is 17.0. The lowest BCUT2D eigenvalue weighted by Gasteiger charge is -2.15. The maximum Gasteiger partial charge on any atom is 0.267 e. The number of pyridine rings is 1. The lowest BCUT2D eigenvalue weighted by molar-refractivity contribution is -0.122. The maximum absolute atomic E-state index is 13.4. The van der Waals surface area contributed by atoms with Crippen LogP contribution in [0, 0.1) is 0 Å². The Balaban J connectivity index is 1.64. The first-order valence-corrected chi connectivity index (χ1v) is 12.5. The zero-order valence-corrected chi connectivity index (χ0v) is 20.8. The van der Waals surface area contributed by atoms with Crippen molar-refractivity contribution in [1.29, 1.82) is 0 Å². The van der Waals surface area contributed by atoms with Crippen molar-refractivity contribution in [2.24, 2.45) is 0 Å². The van der Waals surface area contributed by atoms with Crippen LogP contribution < -0.4 is 10.9 Å². The molecule has 8 nitrogen and oxygen atoms in total. The number of rotatable bonds is 10. The number of amides is 1.